The molecule has 3 aliphatic rings. The smallest absolute Gasteiger partial charge is 0.312 e. The minimum absolute atomic E-state index is 0.0317. The van der Waals surface area contributed by atoms with Gasteiger partial charge in [0.05, 0.1) is 18.1 Å². The standard InChI is InChI=1S/C21H34N2O6/c1-4-6-11-22-17(25)16-21-10-9-20(3,29-21)15(19(27)28-5-2)14(21)18(26)23(16)12-7-8-13-24/h14-16,24H,4-13H2,1-3H3,(H,22,25)/t14-,15+,16?,20-,21?/m0/s1. The maximum absolute atomic E-state index is 13.5. The van der Waals surface area contributed by atoms with Crippen LogP contribution in [0.2, 0.25) is 0 Å². The molecule has 2 N–H and O–H groups in total. The van der Waals surface area contributed by atoms with Gasteiger partial charge >= 0.3 is 5.97 Å². The first-order chi connectivity index (χ1) is 13.9. The highest BCUT2D eigenvalue weighted by Gasteiger charge is 2.78. The van der Waals surface area contributed by atoms with E-state index in [0.29, 0.717) is 38.8 Å². The maximum atomic E-state index is 13.5. The molecule has 0 saturated carbocycles. The molecule has 1 spiro atoms. The summed E-state index contributed by atoms with van der Waals surface area (Å²) < 4.78 is 11.7. The molecule has 0 aromatic heterocycles. The van der Waals surface area contributed by atoms with E-state index in [1.54, 1.807) is 11.8 Å². The second-order valence-corrected chi connectivity index (χ2v) is 8.59. The van der Waals surface area contributed by atoms with Gasteiger partial charge in [0.2, 0.25) is 11.8 Å². The van der Waals surface area contributed by atoms with Crippen LogP contribution >= 0.6 is 0 Å². The van der Waals surface area contributed by atoms with E-state index < -0.39 is 35.0 Å². The van der Waals surface area contributed by atoms with E-state index in [4.69, 9.17) is 14.6 Å². The van der Waals surface area contributed by atoms with Crippen LogP contribution in [0.3, 0.4) is 0 Å². The van der Waals surface area contributed by atoms with E-state index in [1.165, 1.54) is 0 Å². The number of hydrogen-bond acceptors (Lipinski definition) is 6. The molecule has 0 radical (unpaired) electrons. The summed E-state index contributed by atoms with van der Waals surface area (Å²) >= 11 is 0. The van der Waals surface area contributed by atoms with Crippen molar-refractivity contribution in [2.45, 2.75) is 76.5 Å². The van der Waals surface area contributed by atoms with Crippen LogP contribution in [-0.2, 0) is 23.9 Å². The molecule has 3 heterocycles. The van der Waals surface area contributed by atoms with Gasteiger partial charge in [-0.2, -0.15) is 0 Å². The Hall–Kier alpha value is -1.67. The van der Waals surface area contributed by atoms with Gasteiger partial charge in [0.15, 0.2) is 0 Å². The normalized spacial score (nSPS) is 35.1. The minimum atomic E-state index is -0.987. The molecule has 0 aromatic carbocycles. The van der Waals surface area contributed by atoms with Gasteiger partial charge in [0.1, 0.15) is 17.6 Å². The van der Waals surface area contributed by atoms with Crippen molar-refractivity contribution in [3.63, 3.8) is 0 Å². The highest BCUT2D eigenvalue weighted by Crippen LogP contribution is 2.63. The van der Waals surface area contributed by atoms with Crippen molar-refractivity contribution in [1.82, 2.24) is 10.2 Å². The lowest BCUT2D eigenvalue weighted by Gasteiger charge is -2.33. The molecule has 2 unspecified atom stereocenters. The van der Waals surface area contributed by atoms with Crippen molar-refractivity contribution in [3.8, 4) is 0 Å². The number of unbranched alkanes of at least 4 members (excludes halogenated alkanes) is 2. The van der Waals surface area contributed by atoms with E-state index in [1.807, 2.05) is 13.8 Å². The van der Waals surface area contributed by atoms with Crippen LogP contribution in [-0.4, -0.2) is 71.3 Å². The molecule has 29 heavy (non-hydrogen) atoms. The average Bonchev–Trinajstić information content (AvgIpc) is 3.24. The van der Waals surface area contributed by atoms with Crippen LogP contribution in [0.4, 0.5) is 0 Å². The minimum Gasteiger partial charge on any atom is -0.466 e. The molecule has 0 aromatic rings. The van der Waals surface area contributed by atoms with Crippen molar-refractivity contribution in [3.05, 3.63) is 0 Å². The van der Waals surface area contributed by atoms with E-state index in [0.717, 1.165) is 12.8 Å². The van der Waals surface area contributed by atoms with Gasteiger partial charge in [-0.1, -0.05) is 13.3 Å². The largest absolute Gasteiger partial charge is 0.466 e. The molecule has 2 amide bonds. The third kappa shape index (κ3) is 3.54. The Morgan fingerprint density at radius 1 is 1.28 bits per heavy atom. The van der Waals surface area contributed by atoms with Gasteiger partial charge in [-0.15, -0.1) is 0 Å². The average molecular weight is 411 g/mol. The summed E-state index contributed by atoms with van der Waals surface area (Å²) in [7, 11) is 0. The number of nitrogens with one attached hydrogen (secondary N) is 1. The molecule has 3 rings (SSSR count). The number of aliphatic hydroxyl groups excluding tert-OH is 1. The Morgan fingerprint density at radius 3 is 2.69 bits per heavy atom. The number of carbonyl (C=O) groups is 3. The summed E-state index contributed by atoms with van der Waals surface area (Å²) in [6.07, 6.45) is 4.13. The first-order valence-corrected chi connectivity index (χ1v) is 10.9. The molecule has 5 atom stereocenters. The van der Waals surface area contributed by atoms with Crippen LogP contribution in [0.1, 0.15) is 59.3 Å². The fraction of sp³-hybridized carbons (Fsp3) is 0.857. The van der Waals surface area contributed by atoms with Gasteiger partial charge < -0.3 is 24.8 Å². The lowest BCUT2D eigenvalue weighted by molar-refractivity contribution is -0.159. The molecule has 3 fully saturated rings. The summed E-state index contributed by atoms with van der Waals surface area (Å²) in [5, 5.41) is 12.1. The quantitative estimate of drug-likeness (QED) is 0.411. The lowest BCUT2D eigenvalue weighted by Crippen LogP contribution is -2.55. The number of carbonyl (C=O) groups excluding carboxylic acids is 3. The zero-order chi connectivity index (χ0) is 21.2. The topological polar surface area (TPSA) is 105 Å². The predicted octanol–water partition coefficient (Wildman–Crippen LogP) is 1.00. The zero-order valence-corrected chi connectivity index (χ0v) is 17.7. The molecular weight excluding hydrogens is 376 g/mol. The van der Waals surface area contributed by atoms with E-state index >= 15 is 0 Å². The third-order valence-corrected chi connectivity index (χ3v) is 6.70. The molecule has 2 bridgehead atoms. The second kappa shape index (κ2) is 8.60. The van der Waals surface area contributed by atoms with Crippen LogP contribution in [0.15, 0.2) is 0 Å². The summed E-state index contributed by atoms with van der Waals surface area (Å²) in [5.41, 5.74) is -1.77. The maximum Gasteiger partial charge on any atom is 0.312 e. The molecule has 3 saturated heterocycles. The summed E-state index contributed by atoms with van der Waals surface area (Å²) in [6.45, 7) is 6.82. The first-order valence-electron chi connectivity index (χ1n) is 10.9. The summed E-state index contributed by atoms with van der Waals surface area (Å²) in [4.78, 5) is 41.0. The number of aliphatic hydroxyl groups is 1. The highest BCUT2D eigenvalue weighted by atomic mass is 16.6. The van der Waals surface area contributed by atoms with Gasteiger partial charge in [0, 0.05) is 19.7 Å². The van der Waals surface area contributed by atoms with E-state index in [-0.39, 0.29) is 25.0 Å². The fourth-order valence-corrected chi connectivity index (χ4v) is 5.44. The Bertz CT molecular complexity index is 655. The number of hydrogen-bond donors (Lipinski definition) is 2. The molecule has 164 valence electrons. The Kier molecular flexibility index (Phi) is 6.53. The van der Waals surface area contributed by atoms with Gasteiger partial charge in [-0.05, 0) is 46.0 Å². The van der Waals surface area contributed by atoms with Gasteiger partial charge in [-0.3, -0.25) is 14.4 Å². The molecule has 8 nitrogen and oxygen atoms in total. The molecule has 0 aliphatic carbocycles. The van der Waals surface area contributed by atoms with Crippen LogP contribution < -0.4 is 5.32 Å². The van der Waals surface area contributed by atoms with Crippen molar-refractivity contribution in [2.24, 2.45) is 11.8 Å². The van der Waals surface area contributed by atoms with Crippen LogP contribution in [0, 0.1) is 11.8 Å². The second-order valence-electron chi connectivity index (χ2n) is 8.59. The number of esters is 1. The molecule has 8 heteroatoms. The number of ether oxygens (including phenoxy) is 2. The van der Waals surface area contributed by atoms with Crippen molar-refractivity contribution in [1.29, 1.82) is 0 Å². The van der Waals surface area contributed by atoms with E-state index in [2.05, 4.69) is 5.32 Å². The Morgan fingerprint density at radius 2 is 2.03 bits per heavy atom. The Balaban J connectivity index is 1.93. The van der Waals surface area contributed by atoms with E-state index in [9.17, 15) is 14.4 Å². The lowest BCUT2D eigenvalue weighted by atomic mass is 9.66. The van der Waals surface area contributed by atoms with Gasteiger partial charge in [-0.25, -0.2) is 0 Å². The molecular formula is C21H34N2O6. The first kappa shape index (κ1) is 22.0. The molecule has 3 aliphatic heterocycles. The SMILES string of the molecule is CCCCNC(=O)C1N(CCCCO)C(=O)[C@@H]2[C@H](C(=O)OCC)[C@]3(C)CCC12O3. The Labute approximate surface area is 172 Å². The van der Waals surface area contributed by atoms with Crippen LogP contribution in [0.5, 0.6) is 0 Å². The summed E-state index contributed by atoms with van der Waals surface area (Å²) in [6, 6.07) is -0.753. The van der Waals surface area contributed by atoms with Crippen molar-refractivity contribution < 1.29 is 29.0 Å². The zero-order valence-electron chi connectivity index (χ0n) is 17.7. The number of nitrogens with zero attached hydrogens (tertiary/aromatic N) is 1. The number of amides is 2. The number of likely N-dealkylation sites (tertiary alicyclic amines) is 1. The van der Waals surface area contributed by atoms with Crippen molar-refractivity contribution >= 4 is 17.8 Å². The monoisotopic (exact) mass is 410 g/mol. The van der Waals surface area contributed by atoms with Crippen LogP contribution in [0.25, 0.3) is 0 Å². The number of rotatable bonds is 10. The third-order valence-electron chi connectivity index (χ3n) is 6.70. The van der Waals surface area contributed by atoms with Crippen molar-refractivity contribution in [2.75, 3.05) is 26.3 Å². The predicted molar refractivity (Wildman–Crippen MR) is 105 cm³/mol. The highest BCUT2D eigenvalue weighted by molar-refractivity contribution is 5.98. The fourth-order valence-electron chi connectivity index (χ4n) is 5.44. The van der Waals surface area contributed by atoms with Gasteiger partial charge in [0.25, 0.3) is 0 Å². The summed E-state index contributed by atoms with van der Waals surface area (Å²) in [5.74, 6) is -2.24. The number of fused-ring (bicyclic) bond motifs is 1.